The van der Waals surface area contributed by atoms with Gasteiger partial charge in [0.25, 0.3) is 0 Å². The molecule has 2 aliphatic heterocycles. The van der Waals surface area contributed by atoms with Crippen molar-refractivity contribution in [3.8, 4) is 0 Å². The molecule has 0 radical (unpaired) electrons. The Morgan fingerprint density at radius 2 is 2.29 bits per heavy atom. The van der Waals surface area contributed by atoms with Crippen LogP contribution in [0.3, 0.4) is 0 Å². The molecule has 1 spiro atoms. The average molecular weight is 516 g/mol. The smallest absolute Gasteiger partial charge is 0.194 e. The minimum absolute atomic E-state index is 0. The van der Waals surface area contributed by atoms with E-state index in [9.17, 15) is 0 Å². The first-order chi connectivity index (χ1) is 13.2. The number of halogens is 1. The van der Waals surface area contributed by atoms with Crippen molar-refractivity contribution in [1.82, 2.24) is 25.0 Å². The second-order valence-corrected chi connectivity index (χ2v) is 8.62. The maximum atomic E-state index is 5.68. The molecular weight excluding hydrogens is 487 g/mol. The molecule has 1 unspecified atom stereocenters. The molecule has 7 nitrogen and oxygen atoms in total. The number of guanidine groups is 1. The quantitative estimate of drug-likeness (QED) is 0.376. The number of nitrogens with zero attached hydrogens (tertiary/aromatic N) is 5. The lowest BCUT2D eigenvalue weighted by Gasteiger charge is -2.25. The van der Waals surface area contributed by atoms with Crippen molar-refractivity contribution in [1.29, 1.82) is 0 Å². The number of rotatable bonds is 5. The van der Waals surface area contributed by atoms with Gasteiger partial charge in [-0.05, 0) is 37.6 Å². The van der Waals surface area contributed by atoms with Crippen LogP contribution in [-0.4, -0.2) is 58.5 Å². The number of thiophene rings is 1. The number of aryl methyl sites for hydroxylation is 1. The van der Waals surface area contributed by atoms with Crippen LogP contribution >= 0.6 is 35.3 Å². The molecule has 0 amide bonds. The number of aromatic nitrogens is 3. The first-order valence-corrected chi connectivity index (χ1v) is 10.5. The van der Waals surface area contributed by atoms with Gasteiger partial charge in [0, 0.05) is 43.6 Å². The molecule has 0 saturated carbocycles. The maximum Gasteiger partial charge on any atom is 0.194 e. The van der Waals surface area contributed by atoms with Crippen LogP contribution in [-0.2, 0) is 24.8 Å². The van der Waals surface area contributed by atoms with E-state index in [-0.39, 0.29) is 24.0 Å². The van der Waals surface area contributed by atoms with Crippen molar-refractivity contribution in [3.63, 3.8) is 0 Å². The SMILES string of the molecule is Cc1nnc(CN=C(NCCc2cccs2)N2CCC3(CCOC3)C2)n1C.I. The number of likely N-dealkylation sites (tertiary alicyclic amines) is 1. The monoisotopic (exact) mass is 516 g/mol. The molecular formula is C19H29IN6OS. The minimum Gasteiger partial charge on any atom is -0.381 e. The van der Waals surface area contributed by atoms with Gasteiger partial charge in [0.05, 0.1) is 6.61 Å². The largest absolute Gasteiger partial charge is 0.381 e. The summed E-state index contributed by atoms with van der Waals surface area (Å²) in [6, 6.07) is 4.29. The van der Waals surface area contributed by atoms with Crippen molar-refractivity contribution in [2.75, 3.05) is 32.8 Å². The van der Waals surface area contributed by atoms with E-state index in [4.69, 9.17) is 9.73 Å². The summed E-state index contributed by atoms with van der Waals surface area (Å²) in [4.78, 5) is 8.69. The summed E-state index contributed by atoms with van der Waals surface area (Å²) in [5.41, 5.74) is 0.317. The molecule has 2 saturated heterocycles. The summed E-state index contributed by atoms with van der Waals surface area (Å²) in [6.07, 6.45) is 3.36. The Bertz CT molecular complexity index is 784. The molecule has 2 aliphatic rings. The number of nitrogens with one attached hydrogen (secondary N) is 1. The topological polar surface area (TPSA) is 67.6 Å². The molecule has 0 bridgehead atoms. The third kappa shape index (κ3) is 4.85. The van der Waals surface area contributed by atoms with Crippen LogP contribution in [0.25, 0.3) is 0 Å². The fourth-order valence-corrected chi connectivity index (χ4v) is 4.55. The van der Waals surface area contributed by atoms with Gasteiger partial charge in [-0.3, -0.25) is 0 Å². The van der Waals surface area contributed by atoms with Crippen LogP contribution in [0.4, 0.5) is 0 Å². The Labute approximate surface area is 187 Å². The average Bonchev–Trinajstić information content (AvgIpc) is 3.46. The predicted molar refractivity (Wildman–Crippen MR) is 122 cm³/mol. The number of hydrogen-bond donors (Lipinski definition) is 1. The second kappa shape index (κ2) is 9.53. The van der Waals surface area contributed by atoms with Gasteiger partial charge in [-0.2, -0.15) is 0 Å². The lowest BCUT2D eigenvalue weighted by atomic mass is 9.87. The zero-order chi connectivity index (χ0) is 18.7. The first-order valence-electron chi connectivity index (χ1n) is 9.63. The molecule has 154 valence electrons. The van der Waals surface area contributed by atoms with E-state index in [0.717, 1.165) is 63.3 Å². The fourth-order valence-electron chi connectivity index (χ4n) is 3.84. The lowest BCUT2D eigenvalue weighted by molar-refractivity contribution is 0.156. The van der Waals surface area contributed by atoms with E-state index in [1.54, 1.807) is 11.3 Å². The number of ether oxygens (including phenoxy) is 1. The Hall–Kier alpha value is -1.20. The van der Waals surface area contributed by atoms with Gasteiger partial charge in [0.1, 0.15) is 12.4 Å². The molecule has 2 fully saturated rings. The molecule has 4 heterocycles. The number of hydrogen-bond acceptors (Lipinski definition) is 5. The zero-order valence-corrected chi connectivity index (χ0v) is 19.7. The Balaban J connectivity index is 0.00000225. The highest BCUT2D eigenvalue weighted by Crippen LogP contribution is 2.38. The number of aliphatic imine (C=N–C) groups is 1. The molecule has 1 atom stereocenters. The molecule has 4 rings (SSSR count). The van der Waals surface area contributed by atoms with E-state index in [1.807, 2.05) is 18.5 Å². The Morgan fingerprint density at radius 1 is 1.39 bits per heavy atom. The van der Waals surface area contributed by atoms with Crippen molar-refractivity contribution in [2.45, 2.75) is 32.7 Å². The predicted octanol–water partition coefficient (Wildman–Crippen LogP) is 2.60. The van der Waals surface area contributed by atoms with Crippen molar-refractivity contribution in [3.05, 3.63) is 34.0 Å². The van der Waals surface area contributed by atoms with Crippen molar-refractivity contribution < 1.29 is 4.74 Å². The fraction of sp³-hybridized carbons (Fsp3) is 0.632. The highest BCUT2D eigenvalue weighted by molar-refractivity contribution is 14.0. The molecule has 0 aliphatic carbocycles. The van der Waals surface area contributed by atoms with Crippen LogP contribution in [0.5, 0.6) is 0 Å². The summed E-state index contributed by atoms with van der Waals surface area (Å²) in [6.45, 7) is 7.22. The van der Waals surface area contributed by atoms with Gasteiger partial charge in [0.15, 0.2) is 11.8 Å². The summed E-state index contributed by atoms with van der Waals surface area (Å²) in [5, 5.41) is 14.1. The molecule has 2 aromatic rings. The van der Waals surface area contributed by atoms with Crippen LogP contribution in [0, 0.1) is 12.3 Å². The van der Waals surface area contributed by atoms with E-state index in [2.05, 4.69) is 37.9 Å². The summed E-state index contributed by atoms with van der Waals surface area (Å²) in [5.74, 6) is 2.79. The molecule has 28 heavy (non-hydrogen) atoms. The Morgan fingerprint density at radius 3 is 2.96 bits per heavy atom. The van der Waals surface area contributed by atoms with Crippen LogP contribution in [0.1, 0.15) is 29.4 Å². The second-order valence-electron chi connectivity index (χ2n) is 7.59. The maximum absolute atomic E-state index is 5.68. The highest BCUT2D eigenvalue weighted by Gasteiger charge is 2.42. The van der Waals surface area contributed by atoms with Crippen LogP contribution in [0.15, 0.2) is 22.5 Å². The zero-order valence-electron chi connectivity index (χ0n) is 16.6. The molecule has 1 N–H and O–H groups in total. The van der Waals surface area contributed by atoms with E-state index in [0.29, 0.717) is 12.0 Å². The standard InChI is InChI=1S/C19H28N6OS.HI/c1-15-22-23-17(24(15)2)12-21-18(20-8-5-16-4-3-11-27-16)25-9-6-19(13-25)7-10-26-14-19;/h3-4,11H,5-10,12-14H2,1-2H3,(H,20,21);1H. The van der Waals surface area contributed by atoms with Gasteiger partial charge in [0.2, 0.25) is 0 Å². The van der Waals surface area contributed by atoms with Crippen LogP contribution < -0.4 is 5.32 Å². The van der Waals surface area contributed by atoms with E-state index in [1.165, 1.54) is 11.3 Å². The van der Waals surface area contributed by atoms with Gasteiger partial charge in [-0.25, -0.2) is 4.99 Å². The molecule has 2 aromatic heterocycles. The van der Waals surface area contributed by atoms with Crippen LogP contribution in [0.2, 0.25) is 0 Å². The molecule has 9 heteroatoms. The van der Waals surface area contributed by atoms with E-state index >= 15 is 0 Å². The third-order valence-electron chi connectivity index (χ3n) is 5.71. The summed E-state index contributed by atoms with van der Waals surface area (Å²) < 4.78 is 7.68. The normalized spacial score (nSPS) is 22.1. The third-order valence-corrected chi connectivity index (χ3v) is 6.65. The van der Waals surface area contributed by atoms with E-state index < -0.39 is 0 Å². The summed E-state index contributed by atoms with van der Waals surface area (Å²) >= 11 is 1.81. The van der Waals surface area contributed by atoms with Gasteiger partial charge < -0.3 is 19.5 Å². The highest BCUT2D eigenvalue weighted by atomic mass is 127. The van der Waals surface area contributed by atoms with Crippen molar-refractivity contribution in [2.24, 2.45) is 17.5 Å². The minimum atomic E-state index is 0. The van der Waals surface area contributed by atoms with Gasteiger partial charge in [-0.15, -0.1) is 45.5 Å². The Kier molecular flexibility index (Phi) is 7.32. The summed E-state index contributed by atoms with van der Waals surface area (Å²) in [7, 11) is 1.99. The van der Waals surface area contributed by atoms with Gasteiger partial charge in [-0.1, -0.05) is 6.07 Å². The molecule has 0 aromatic carbocycles. The first kappa shape index (κ1) is 21.5. The lowest BCUT2D eigenvalue weighted by Crippen LogP contribution is -2.42. The van der Waals surface area contributed by atoms with Gasteiger partial charge >= 0.3 is 0 Å². The van der Waals surface area contributed by atoms with Crippen molar-refractivity contribution >= 4 is 41.3 Å².